The van der Waals surface area contributed by atoms with Gasteiger partial charge in [-0.3, -0.25) is 9.59 Å². The van der Waals surface area contributed by atoms with Gasteiger partial charge in [-0.1, -0.05) is 25.7 Å². The first-order chi connectivity index (χ1) is 9.21. The van der Waals surface area contributed by atoms with Crippen LogP contribution in [-0.4, -0.2) is 30.2 Å². The Morgan fingerprint density at radius 2 is 1.84 bits per heavy atom. The molecule has 0 aromatic carbocycles. The predicted molar refractivity (Wildman–Crippen MR) is 71.7 cm³/mol. The maximum atomic E-state index is 12.4. The lowest BCUT2D eigenvalue weighted by molar-refractivity contribution is -0.142. The minimum Gasteiger partial charge on any atom is -0.312 e. The monoisotopic (exact) mass is 263 g/mol. The zero-order valence-corrected chi connectivity index (χ0v) is 11.2. The molecule has 0 unspecified atom stereocenters. The third kappa shape index (κ3) is 2.56. The second-order valence-electron chi connectivity index (χ2n) is 5.97. The molecule has 0 aromatic rings. The number of hydrogen-bond donors (Lipinski definition) is 2. The number of hydrogen-bond acceptors (Lipinski definition) is 3. The van der Waals surface area contributed by atoms with Crippen molar-refractivity contribution >= 4 is 17.6 Å². The first-order valence-electron chi connectivity index (χ1n) is 7.37. The van der Waals surface area contributed by atoms with Crippen LogP contribution in [0.5, 0.6) is 0 Å². The van der Waals surface area contributed by atoms with Gasteiger partial charge in [0.1, 0.15) is 11.3 Å². The molecule has 0 radical (unpaired) electrons. The zero-order chi connectivity index (χ0) is 13.3. The predicted octanol–water partition coefficient (Wildman–Crippen LogP) is 1.13. The topological polar surface area (TPSA) is 70.6 Å². The molecule has 1 spiro atoms. The van der Waals surface area contributed by atoms with E-state index in [0.717, 1.165) is 25.7 Å². The second-order valence-corrected chi connectivity index (χ2v) is 5.97. The summed E-state index contributed by atoms with van der Waals surface area (Å²) in [7, 11) is 0. The molecule has 5 heteroatoms. The lowest BCUT2D eigenvalue weighted by Gasteiger charge is -2.31. The molecule has 0 aromatic heterocycles. The second kappa shape index (κ2) is 5.04. The Morgan fingerprint density at radius 3 is 2.42 bits per heavy atom. The van der Waals surface area contributed by atoms with Gasteiger partial charge >= 0.3 is 0 Å². The maximum Gasteiger partial charge on any atom is 0.263 e. The highest BCUT2D eigenvalue weighted by Crippen LogP contribution is 2.37. The molecule has 2 saturated carbocycles. The molecule has 5 nitrogen and oxygen atoms in total. The summed E-state index contributed by atoms with van der Waals surface area (Å²) >= 11 is 0. The molecule has 0 saturated heterocycles. The average Bonchev–Trinajstić information content (AvgIpc) is 3.21. The number of nitrogens with one attached hydrogen (secondary N) is 2. The van der Waals surface area contributed by atoms with Crippen molar-refractivity contribution in [3.05, 3.63) is 0 Å². The van der Waals surface area contributed by atoms with Crippen molar-refractivity contribution in [1.82, 2.24) is 10.6 Å². The fourth-order valence-corrected chi connectivity index (χ4v) is 2.99. The van der Waals surface area contributed by atoms with E-state index in [9.17, 15) is 9.59 Å². The number of carbonyl (C=O) groups excluding carboxylic acids is 2. The number of amides is 2. The molecule has 3 rings (SSSR count). The lowest BCUT2D eigenvalue weighted by Crippen LogP contribution is -2.54. The van der Waals surface area contributed by atoms with Gasteiger partial charge in [-0.2, -0.15) is 4.99 Å². The van der Waals surface area contributed by atoms with E-state index in [0.29, 0.717) is 31.3 Å². The van der Waals surface area contributed by atoms with E-state index in [1.807, 2.05) is 0 Å². The molecule has 2 N–H and O–H groups in total. The van der Waals surface area contributed by atoms with Crippen LogP contribution in [0.4, 0.5) is 0 Å². The van der Waals surface area contributed by atoms with Gasteiger partial charge in [0.25, 0.3) is 5.91 Å². The fraction of sp³-hybridized carbons (Fsp3) is 0.786. The van der Waals surface area contributed by atoms with Crippen molar-refractivity contribution < 1.29 is 9.59 Å². The summed E-state index contributed by atoms with van der Waals surface area (Å²) in [6.45, 7) is 0.498. The molecule has 2 amide bonds. The normalized spacial score (nSPS) is 26.8. The Kier molecular flexibility index (Phi) is 3.39. The maximum absolute atomic E-state index is 12.4. The number of carbonyl (C=O) groups is 2. The fourth-order valence-electron chi connectivity index (χ4n) is 2.99. The zero-order valence-electron chi connectivity index (χ0n) is 11.2. The Morgan fingerprint density at radius 1 is 1.16 bits per heavy atom. The van der Waals surface area contributed by atoms with E-state index < -0.39 is 5.41 Å². The van der Waals surface area contributed by atoms with Gasteiger partial charge in [-0.05, 0) is 25.7 Å². The molecule has 2 fully saturated rings. The number of rotatable bonds is 3. The van der Waals surface area contributed by atoms with Gasteiger partial charge in [-0.15, -0.1) is 0 Å². The molecule has 1 heterocycles. The average molecular weight is 263 g/mol. The SMILES string of the molecule is O=C1N=C(CNC2CC2)NC(=O)C12CCCCCC2. The molecule has 104 valence electrons. The van der Waals surface area contributed by atoms with Crippen LogP contribution in [0.3, 0.4) is 0 Å². The van der Waals surface area contributed by atoms with E-state index in [1.54, 1.807) is 0 Å². The summed E-state index contributed by atoms with van der Waals surface area (Å²) in [4.78, 5) is 28.8. The van der Waals surface area contributed by atoms with Crippen molar-refractivity contribution in [2.24, 2.45) is 10.4 Å². The molecule has 19 heavy (non-hydrogen) atoms. The molecule has 1 aliphatic heterocycles. The van der Waals surface area contributed by atoms with Crippen LogP contribution in [-0.2, 0) is 9.59 Å². The molecule has 2 aliphatic carbocycles. The van der Waals surface area contributed by atoms with Gasteiger partial charge < -0.3 is 10.6 Å². The van der Waals surface area contributed by atoms with Crippen LogP contribution in [0, 0.1) is 5.41 Å². The third-order valence-electron chi connectivity index (χ3n) is 4.43. The van der Waals surface area contributed by atoms with Crippen LogP contribution in [0.25, 0.3) is 0 Å². The standard InChI is InChI=1S/C14H21N3O2/c18-12-14(7-3-1-2-4-8-14)13(19)17-11(16-12)9-15-10-5-6-10/h10,15H,1-9H2,(H,16,17,18,19). The lowest BCUT2D eigenvalue weighted by atomic mass is 9.77. The molecule has 0 atom stereocenters. The van der Waals surface area contributed by atoms with Crippen LogP contribution in [0.15, 0.2) is 4.99 Å². The first-order valence-corrected chi connectivity index (χ1v) is 7.37. The largest absolute Gasteiger partial charge is 0.312 e. The van der Waals surface area contributed by atoms with Gasteiger partial charge in [0.2, 0.25) is 5.91 Å². The Hall–Kier alpha value is -1.23. The van der Waals surface area contributed by atoms with Crippen molar-refractivity contribution in [2.45, 2.75) is 57.4 Å². The first kappa shape index (κ1) is 12.8. The smallest absolute Gasteiger partial charge is 0.263 e. The Bertz CT molecular complexity index is 418. The van der Waals surface area contributed by atoms with E-state index in [1.165, 1.54) is 12.8 Å². The summed E-state index contributed by atoms with van der Waals surface area (Å²) in [5.74, 6) is 0.157. The molecule has 3 aliphatic rings. The van der Waals surface area contributed by atoms with E-state index in [2.05, 4.69) is 15.6 Å². The number of nitrogens with zero attached hydrogens (tertiary/aromatic N) is 1. The molecule has 0 bridgehead atoms. The minimum atomic E-state index is -0.862. The number of amidine groups is 1. The third-order valence-corrected chi connectivity index (χ3v) is 4.43. The minimum absolute atomic E-state index is 0.123. The van der Waals surface area contributed by atoms with Crippen LogP contribution in [0.2, 0.25) is 0 Å². The highest BCUT2D eigenvalue weighted by atomic mass is 16.2. The summed E-state index contributed by atoms with van der Waals surface area (Å²) in [5, 5.41) is 6.12. The van der Waals surface area contributed by atoms with Gasteiger partial charge in [0, 0.05) is 6.04 Å². The summed E-state index contributed by atoms with van der Waals surface area (Å²) in [6, 6.07) is 0.545. The van der Waals surface area contributed by atoms with Crippen LogP contribution >= 0.6 is 0 Å². The Balaban J connectivity index is 1.72. The van der Waals surface area contributed by atoms with Crippen LogP contribution < -0.4 is 10.6 Å². The van der Waals surface area contributed by atoms with E-state index >= 15 is 0 Å². The van der Waals surface area contributed by atoms with Gasteiger partial charge in [0.15, 0.2) is 0 Å². The van der Waals surface area contributed by atoms with Crippen molar-refractivity contribution in [1.29, 1.82) is 0 Å². The van der Waals surface area contributed by atoms with Crippen LogP contribution in [0.1, 0.15) is 51.4 Å². The van der Waals surface area contributed by atoms with Gasteiger partial charge in [-0.25, -0.2) is 0 Å². The quantitative estimate of drug-likeness (QED) is 0.750. The van der Waals surface area contributed by atoms with Gasteiger partial charge in [0.05, 0.1) is 6.54 Å². The summed E-state index contributed by atoms with van der Waals surface area (Å²) in [6.07, 6.45) is 7.80. The molecular weight excluding hydrogens is 242 g/mol. The van der Waals surface area contributed by atoms with E-state index in [4.69, 9.17) is 0 Å². The number of aliphatic imine (C=N–C) groups is 1. The molecular formula is C14H21N3O2. The Labute approximate surface area is 113 Å². The summed E-state index contributed by atoms with van der Waals surface area (Å²) in [5.41, 5.74) is -0.862. The van der Waals surface area contributed by atoms with Crippen molar-refractivity contribution in [3.63, 3.8) is 0 Å². The highest BCUT2D eigenvalue weighted by molar-refractivity contribution is 6.19. The van der Waals surface area contributed by atoms with Crippen molar-refractivity contribution in [3.8, 4) is 0 Å². The van der Waals surface area contributed by atoms with Crippen molar-refractivity contribution in [2.75, 3.05) is 6.54 Å². The highest BCUT2D eigenvalue weighted by Gasteiger charge is 2.48. The summed E-state index contributed by atoms with van der Waals surface area (Å²) < 4.78 is 0. The van der Waals surface area contributed by atoms with E-state index in [-0.39, 0.29) is 11.8 Å².